The number of rotatable bonds is 6. The van der Waals surface area contributed by atoms with Crippen LogP contribution < -0.4 is 10.6 Å². The van der Waals surface area contributed by atoms with Crippen LogP contribution >= 0.6 is 23.1 Å². The summed E-state index contributed by atoms with van der Waals surface area (Å²) in [7, 11) is 3.94. The van der Waals surface area contributed by atoms with Crippen molar-refractivity contribution in [3.63, 3.8) is 0 Å². The molecule has 0 aliphatic carbocycles. The number of hydrogen-bond acceptors (Lipinski definition) is 6. The van der Waals surface area contributed by atoms with Crippen LogP contribution in [0.3, 0.4) is 0 Å². The van der Waals surface area contributed by atoms with Crippen molar-refractivity contribution in [1.82, 2.24) is 10.2 Å². The molecule has 1 aromatic rings. The van der Waals surface area contributed by atoms with Crippen molar-refractivity contribution in [2.75, 3.05) is 24.7 Å². The van der Waals surface area contributed by atoms with Gasteiger partial charge in [-0.2, -0.15) is 0 Å². The lowest BCUT2D eigenvalue weighted by molar-refractivity contribution is 0.660. The van der Waals surface area contributed by atoms with Gasteiger partial charge in [-0.15, -0.1) is 10.2 Å². The summed E-state index contributed by atoms with van der Waals surface area (Å²) >= 11 is 3.31. The van der Waals surface area contributed by atoms with E-state index in [9.17, 15) is 0 Å². The maximum absolute atomic E-state index is 5.92. The molecular formula is C9H18N4S2. The van der Waals surface area contributed by atoms with Crippen LogP contribution in [0.5, 0.6) is 0 Å². The number of anilines is 1. The lowest BCUT2D eigenvalue weighted by Gasteiger charge is -2.07. The lowest BCUT2D eigenvalue weighted by Crippen LogP contribution is -2.22. The van der Waals surface area contributed by atoms with Gasteiger partial charge in [-0.1, -0.05) is 36.4 Å². The van der Waals surface area contributed by atoms with Crippen LogP contribution in [-0.2, 0) is 0 Å². The molecule has 1 unspecified atom stereocenters. The molecule has 1 atom stereocenters. The predicted octanol–water partition coefficient (Wildman–Crippen LogP) is 1.82. The maximum atomic E-state index is 5.92. The Hall–Kier alpha value is -0.330. The number of hydrogen-bond donors (Lipinski definition) is 1. The van der Waals surface area contributed by atoms with Gasteiger partial charge in [0.05, 0.1) is 0 Å². The van der Waals surface area contributed by atoms with Gasteiger partial charge in [0.1, 0.15) is 0 Å². The summed E-state index contributed by atoms with van der Waals surface area (Å²) in [6, 6.07) is 0.270. The summed E-state index contributed by atoms with van der Waals surface area (Å²) in [6.45, 7) is 2.15. The molecule has 0 spiro atoms. The van der Waals surface area contributed by atoms with E-state index in [1.54, 1.807) is 23.1 Å². The fraction of sp³-hybridized carbons (Fsp3) is 0.778. The van der Waals surface area contributed by atoms with Gasteiger partial charge < -0.3 is 10.6 Å². The van der Waals surface area contributed by atoms with Crippen LogP contribution in [0.2, 0.25) is 0 Å². The van der Waals surface area contributed by atoms with Crippen LogP contribution in [0.15, 0.2) is 4.34 Å². The Morgan fingerprint density at radius 3 is 2.73 bits per heavy atom. The third-order valence-electron chi connectivity index (χ3n) is 1.86. The van der Waals surface area contributed by atoms with E-state index in [0.29, 0.717) is 0 Å². The van der Waals surface area contributed by atoms with Crippen molar-refractivity contribution < 1.29 is 0 Å². The normalized spacial score (nSPS) is 12.8. The smallest absolute Gasteiger partial charge is 0.208 e. The fourth-order valence-corrected chi connectivity index (χ4v) is 2.86. The highest BCUT2D eigenvalue weighted by molar-refractivity contribution is 8.01. The van der Waals surface area contributed by atoms with Gasteiger partial charge in [0.25, 0.3) is 0 Å². The molecule has 1 aromatic heterocycles. The van der Waals surface area contributed by atoms with Gasteiger partial charge in [0.15, 0.2) is 4.34 Å². The third-order valence-corrected chi connectivity index (χ3v) is 4.27. The van der Waals surface area contributed by atoms with Crippen molar-refractivity contribution in [2.24, 2.45) is 5.73 Å². The molecule has 6 heteroatoms. The van der Waals surface area contributed by atoms with Crippen LogP contribution in [0.4, 0.5) is 5.13 Å². The molecule has 0 aliphatic rings. The molecule has 0 radical (unpaired) electrons. The zero-order valence-corrected chi connectivity index (χ0v) is 11.1. The summed E-state index contributed by atoms with van der Waals surface area (Å²) in [6.07, 6.45) is 2.22. The third kappa shape index (κ3) is 4.36. The van der Waals surface area contributed by atoms with Gasteiger partial charge >= 0.3 is 0 Å². The molecule has 0 saturated carbocycles. The highest BCUT2D eigenvalue weighted by Gasteiger charge is 2.08. The molecule has 4 nitrogen and oxygen atoms in total. The molecule has 0 bridgehead atoms. The quantitative estimate of drug-likeness (QED) is 0.776. The monoisotopic (exact) mass is 246 g/mol. The van der Waals surface area contributed by atoms with E-state index >= 15 is 0 Å². The van der Waals surface area contributed by atoms with E-state index in [-0.39, 0.29) is 6.04 Å². The van der Waals surface area contributed by atoms with E-state index in [1.807, 2.05) is 19.0 Å². The second-order valence-electron chi connectivity index (χ2n) is 3.60. The zero-order chi connectivity index (χ0) is 11.3. The Morgan fingerprint density at radius 1 is 1.47 bits per heavy atom. The number of nitrogens with zero attached hydrogens (tertiary/aromatic N) is 3. The average Bonchev–Trinajstić information content (AvgIpc) is 2.63. The molecule has 1 rings (SSSR count). The van der Waals surface area contributed by atoms with Crippen molar-refractivity contribution >= 4 is 28.2 Å². The molecule has 0 aromatic carbocycles. The molecule has 15 heavy (non-hydrogen) atoms. The second-order valence-corrected chi connectivity index (χ2v) is 5.83. The zero-order valence-electron chi connectivity index (χ0n) is 9.43. The molecule has 0 saturated heterocycles. The Balaban J connectivity index is 2.37. The van der Waals surface area contributed by atoms with E-state index in [1.165, 1.54) is 0 Å². The molecule has 0 aliphatic heterocycles. The van der Waals surface area contributed by atoms with Gasteiger partial charge in [-0.25, -0.2) is 0 Å². The standard InChI is InChI=1S/C9H18N4S2/c1-4-5-7(10)6-14-9-12-11-8(15-9)13(2)3/h7H,4-6,10H2,1-3H3. The highest BCUT2D eigenvalue weighted by atomic mass is 32.2. The predicted molar refractivity (Wildman–Crippen MR) is 67.8 cm³/mol. The van der Waals surface area contributed by atoms with Crippen LogP contribution in [-0.4, -0.2) is 36.1 Å². The van der Waals surface area contributed by atoms with Crippen molar-refractivity contribution in [2.45, 2.75) is 30.1 Å². The first kappa shape index (κ1) is 12.7. The van der Waals surface area contributed by atoms with Gasteiger partial charge in [0, 0.05) is 25.9 Å². The first-order valence-corrected chi connectivity index (χ1v) is 6.83. The molecule has 0 fully saturated rings. The summed E-state index contributed by atoms with van der Waals surface area (Å²) in [5.74, 6) is 0.926. The number of nitrogens with two attached hydrogens (primary N) is 1. The first-order chi connectivity index (χ1) is 7.13. The molecule has 2 N–H and O–H groups in total. The minimum Gasteiger partial charge on any atom is -0.353 e. The van der Waals surface area contributed by atoms with Gasteiger partial charge in [0.2, 0.25) is 5.13 Å². The van der Waals surface area contributed by atoms with E-state index in [0.717, 1.165) is 28.1 Å². The topological polar surface area (TPSA) is 55.0 Å². The van der Waals surface area contributed by atoms with E-state index in [4.69, 9.17) is 5.73 Å². The summed E-state index contributed by atoms with van der Waals surface area (Å²) in [4.78, 5) is 1.97. The molecule has 1 heterocycles. The molecule has 86 valence electrons. The summed E-state index contributed by atoms with van der Waals surface area (Å²) in [5, 5.41) is 9.12. The van der Waals surface area contributed by atoms with E-state index < -0.39 is 0 Å². The summed E-state index contributed by atoms with van der Waals surface area (Å²) in [5.41, 5.74) is 5.92. The Kier molecular flexibility index (Phi) is 5.35. The largest absolute Gasteiger partial charge is 0.353 e. The average molecular weight is 246 g/mol. The first-order valence-electron chi connectivity index (χ1n) is 5.02. The lowest BCUT2D eigenvalue weighted by atomic mass is 10.2. The Labute approximate surface area is 99.3 Å². The van der Waals surface area contributed by atoms with Crippen molar-refractivity contribution in [3.8, 4) is 0 Å². The molecular weight excluding hydrogens is 228 g/mol. The van der Waals surface area contributed by atoms with Crippen LogP contribution in [0, 0.1) is 0 Å². The SMILES string of the molecule is CCCC(N)CSc1nnc(N(C)C)s1. The highest BCUT2D eigenvalue weighted by Crippen LogP contribution is 2.27. The minimum absolute atomic E-state index is 0.270. The number of thioether (sulfide) groups is 1. The summed E-state index contributed by atoms with van der Waals surface area (Å²) < 4.78 is 1.00. The minimum atomic E-state index is 0.270. The second kappa shape index (κ2) is 6.30. The van der Waals surface area contributed by atoms with Crippen molar-refractivity contribution in [1.29, 1.82) is 0 Å². The Morgan fingerprint density at radius 2 is 2.20 bits per heavy atom. The maximum Gasteiger partial charge on any atom is 0.208 e. The Bertz CT molecular complexity index is 287. The van der Waals surface area contributed by atoms with Gasteiger partial charge in [-0.3, -0.25) is 0 Å². The van der Waals surface area contributed by atoms with E-state index in [2.05, 4.69) is 17.1 Å². The number of aromatic nitrogens is 2. The molecule has 0 amide bonds. The van der Waals surface area contributed by atoms with Crippen LogP contribution in [0.25, 0.3) is 0 Å². The van der Waals surface area contributed by atoms with Gasteiger partial charge in [-0.05, 0) is 6.42 Å². The van der Waals surface area contributed by atoms with Crippen LogP contribution in [0.1, 0.15) is 19.8 Å². The fourth-order valence-electron chi connectivity index (χ4n) is 1.07. The van der Waals surface area contributed by atoms with Crippen molar-refractivity contribution in [3.05, 3.63) is 0 Å².